The zero-order chi connectivity index (χ0) is 13.0. The van der Waals surface area contributed by atoms with E-state index in [0.717, 1.165) is 32.4 Å². The fraction of sp³-hybridized carbons (Fsp3) is 0.625. The van der Waals surface area contributed by atoms with E-state index in [1.165, 1.54) is 11.1 Å². The number of hydrogen-bond acceptors (Lipinski definition) is 2. The summed E-state index contributed by atoms with van der Waals surface area (Å²) < 4.78 is 5.93. The van der Waals surface area contributed by atoms with Gasteiger partial charge in [-0.25, -0.2) is 0 Å². The van der Waals surface area contributed by atoms with E-state index in [-0.39, 0.29) is 11.6 Å². The fourth-order valence-electron chi connectivity index (χ4n) is 2.48. The maximum absolute atomic E-state index is 5.93. The maximum atomic E-state index is 5.93. The Morgan fingerprint density at radius 1 is 1.28 bits per heavy atom. The molecule has 0 fully saturated rings. The van der Waals surface area contributed by atoms with E-state index in [1.807, 2.05) is 0 Å². The van der Waals surface area contributed by atoms with Crippen LogP contribution in [0.5, 0.6) is 0 Å². The van der Waals surface area contributed by atoms with Gasteiger partial charge in [0.15, 0.2) is 0 Å². The van der Waals surface area contributed by atoms with Crippen LogP contribution >= 0.6 is 0 Å². The van der Waals surface area contributed by atoms with Crippen molar-refractivity contribution < 1.29 is 4.74 Å². The monoisotopic (exact) mass is 247 g/mol. The van der Waals surface area contributed by atoms with Gasteiger partial charge in [-0.05, 0) is 37.3 Å². The third kappa shape index (κ3) is 2.93. The van der Waals surface area contributed by atoms with E-state index in [1.54, 1.807) is 0 Å². The molecular formula is C16H25NO. The Balaban J connectivity index is 2.03. The minimum atomic E-state index is 0.215. The van der Waals surface area contributed by atoms with Crippen molar-refractivity contribution >= 4 is 0 Å². The molecule has 1 aromatic carbocycles. The molecule has 0 amide bonds. The van der Waals surface area contributed by atoms with Crippen LogP contribution in [-0.4, -0.2) is 18.7 Å². The lowest BCUT2D eigenvalue weighted by molar-refractivity contribution is 0.0366. The molecular weight excluding hydrogens is 222 g/mol. The van der Waals surface area contributed by atoms with Crippen LogP contribution in [0.4, 0.5) is 0 Å². The molecule has 1 N–H and O–H groups in total. The smallest absolute Gasteiger partial charge is 0.0952 e. The summed E-state index contributed by atoms with van der Waals surface area (Å²) in [7, 11) is 0. The van der Waals surface area contributed by atoms with E-state index in [2.05, 4.69) is 50.4 Å². The predicted octanol–water partition coefficient (Wildman–Crippen LogP) is 3.47. The highest BCUT2D eigenvalue weighted by Crippen LogP contribution is 2.27. The minimum absolute atomic E-state index is 0.215. The van der Waals surface area contributed by atoms with Gasteiger partial charge in [0.1, 0.15) is 0 Å². The fourth-order valence-corrected chi connectivity index (χ4v) is 2.48. The Morgan fingerprint density at radius 3 is 2.72 bits per heavy atom. The van der Waals surface area contributed by atoms with Gasteiger partial charge in [0.25, 0.3) is 0 Å². The lowest BCUT2D eigenvalue weighted by atomic mass is 9.93. The summed E-state index contributed by atoms with van der Waals surface area (Å²) in [4.78, 5) is 0. The molecule has 0 aliphatic carbocycles. The number of ether oxygens (including phenoxy) is 1. The lowest BCUT2D eigenvalue weighted by Crippen LogP contribution is -2.44. The van der Waals surface area contributed by atoms with Crippen LogP contribution in [0.25, 0.3) is 0 Å². The largest absolute Gasteiger partial charge is 0.372 e. The number of nitrogens with one attached hydrogen (secondary N) is 1. The first-order valence-corrected chi connectivity index (χ1v) is 7.13. The van der Waals surface area contributed by atoms with E-state index in [0.29, 0.717) is 0 Å². The molecule has 1 heterocycles. The van der Waals surface area contributed by atoms with Crippen molar-refractivity contribution in [3.63, 3.8) is 0 Å². The summed E-state index contributed by atoms with van der Waals surface area (Å²) in [6.07, 6.45) is 3.56. The second-order valence-corrected chi connectivity index (χ2v) is 5.46. The van der Waals surface area contributed by atoms with Gasteiger partial charge in [0.2, 0.25) is 0 Å². The standard InChI is InChI=1S/C16H25NO/c1-4-16(3,5-2)17-12-15-14-9-7-6-8-13(14)10-11-18-15/h6-9,15,17H,4-5,10-12H2,1-3H3. The Bertz CT molecular complexity index is 384. The van der Waals surface area contributed by atoms with Crippen LogP contribution < -0.4 is 5.32 Å². The van der Waals surface area contributed by atoms with Crippen molar-refractivity contribution in [3.8, 4) is 0 Å². The van der Waals surface area contributed by atoms with E-state index >= 15 is 0 Å². The molecule has 1 atom stereocenters. The highest BCUT2D eigenvalue weighted by atomic mass is 16.5. The quantitative estimate of drug-likeness (QED) is 0.860. The molecule has 0 saturated carbocycles. The van der Waals surface area contributed by atoms with Crippen LogP contribution in [0, 0.1) is 0 Å². The summed E-state index contributed by atoms with van der Waals surface area (Å²) in [6.45, 7) is 8.54. The van der Waals surface area contributed by atoms with Crippen molar-refractivity contribution in [3.05, 3.63) is 35.4 Å². The second-order valence-electron chi connectivity index (χ2n) is 5.46. The molecule has 18 heavy (non-hydrogen) atoms. The van der Waals surface area contributed by atoms with Gasteiger partial charge in [0, 0.05) is 12.1 Å². The first kappa shape index (κ1) is 13.6. The molecule has 0 saturated heterocycles. The third-order valence-electron chi connectivity index (χ3n) is 4.37. The minimum Gasteiger partial charge on any atom is -0.372 e. The third-order valence-corrected chi connectivity index (χ3v) is 4.37. The highest BCUT2D eigenvalue weighted by Gasteiger charge is 2.24. The molecule has 1 aliphatic rings. The molecule has 1 aliphatic heterocycles. The molecule has 100 valence electrons. The average molecular weight is 247 g/mol. The molecule has 0 spiro atoms. The van der Waals surface area contributed by atoms with E-state index in [9.17, 15) is 0 Å². The summed E-state index contributed by atoms with van der Waals surface area (Å²) in [5.74, 6) is 0. The average Bonchev–Trinajstić information content (AvgIpc) is 2.44. The summed E-state index contributed by atoms with van der Waals surface area (Å²) in [5, 5.41) is 3.68. The first-order valence-electron chi connectivity index (χ1n) is 7.13. The van der Waals surface area contributed by atoms with Gasteiger partial charge in [-0.1, -0.05) is 38.1 Å². The second kappa shape index (κ2) is 5.85. The zero-order valence-electron chi connectivity index (χ0n) is 11.8. The molecule has 2 heteroatoms. The van der Waals surface area contributed by atoms with Crippen molar-refractivity contribution in [2.75, 3.05) is 13.2 Å². The van der Waals surface area contributed by atoms with Crippen LogP contribution in [0.3, 0.4) is 0 Å². The zero-order valence-corrected chi connectivity index (χ0v) is 11.8. The van der Waals surface area contributed by atoms with Crippen LogP contribution in [0.1, 0.15) is 50.8 Å². The van der Waals surface area contributed by atoms with Gasteiger partial charge in [-0.2, -0.15) is 0 Å². The Morgan fingerprint density at radius 2 is 2.00 bits per heavy atom. The Kier molecular flexibility index (Phi) is 4.41. The Hall–Kier alpha value is -0.860. The molecule has 0 radical (unpaired) electrons. The number of rotatable bonds is 5. The molecule has 0 aromatic heterocycles. The van der Waals surface area contributed by atoms with Gasteiger partial charge in [-0.15, -0.1) is 0 Å². The lowest BCUT2D eigenvalue weighted by Gasteiger charge is -2.33. The van der Waals surface area contributed by atoms with Gasteiger partial charge >= 0.3 is 0 Å². The van der Waals surface area contributed by atoms with Crippen molar-refractivity contribution in [2.45, 2.75) is 51.7 Å². The summed E-state index contributed by atoms with van der Waals surface area (Å²) >= 11 is 0. The van der Waals surface area contributed by atoms with Crippen molar-refractivity contribution in [2.24, 2.45) is 0 Å². The van der Waals surface area contributed by atoms with Gasteiger partial charge in [-0.3, -0.25) is 0 Å². The van der Waals surface area contributed by atoms with Crippen molar-refractivity contribution in [1.29, 1.82) is 0 Å². The summed E-state index contributed by atoms with van der Waals surface area (Å²) in [6, 6.07) is 8.66. The van der Waals surface area contributed by atoms with E-state index < -0.39 is 0 Å². The molecule has 2 nitrogen and oxygen atoms in total. The van der Waals surface area contributed by atoms with Crippen LogP contribution in [0.2, 0.25) is 0 Å². The van der Waals surface area contributed by atoms with Gasteiger partial charge < -0.3 is 10.1 Å². The predicted molar refractivity (Wildman–Crippen MR) is 75.8 cm³/mol. The number of fused-ring (bicyclic) bond motifs is 1. The topological polar surface area (TPSA) is 21.3 Å². The van der Waals surface area contributed by atoms with Crippen LogP contribution in [0.15, 0.2) is 24.3 Å². The number of hydrogen-bond donors (Lipinski definition) is 1. The van der Waals surface area contributed by atoms with E-state index in [4.69, 9.17) is 4.74 Å². The Labute approximate surface area is 111 Å². The van der Waals surface area contributed by atoms with Gasteiger partial charge in [0.05, 0.1) is 12.7 Å². The first-order chi connectivity index (χ1) is 8.68. The molecule has 2 rings (SSSR count). The maximum Gasteiger partial charge on any atom is 0.0952 e. The molecule has 1 unspecified atom stereocenters. The molecule has 1 aromatic rings. The van der Waals surface area contributed by atoms with Crippen molar-refractivity contribution in [1.82, 2.24) is 5.32 Å². The normalized spacial score (nSPS) is 19.6. The van der Waals surface area contributed by atoms with Crippen LogP contribution in [-0.2, 0) is 11.2 Å². The SMILES string of the molecule is CCC(C)(CC)NCC1OCCc2ccccc21. The summed E-state index contributed by atoms with van der Waals surface area (Å²) in [5.41, 5.74) is 3.05. The number of benzene rings is 1. The molecule has 0 bridgehead atoms. The highest BCUT2D eigenvalue weighted by molar-refractivity contribution is 5.31.